The van der Waals surface area contributed by atoms with Crippen LogP contribution < -0.4 is 10.6 Å². The van der Waals surface area contributed by atoms with Gasteiger partial charge in [0.15, 0.2) is 5.96 Å². The van der Waals surface area contributed by atoms with E-state index in [1.165, 1.54) is 5.56 Å². The van der Waals surface area contributed by atoms with Crippen molar-refractivity contribution >= 4 is 5.96 Å². The van der Waals surface area contributed by atoms with E-state index in [1.807, 2.05) is 32.0 Å². The molecule has 0 amide bonds. The minimum Gasteiger partial charge on any atom is -0.396 e. The van der Waals surface area contributed by atoms with E-state index in [-0.39, 0.29) is 18.6 Å². The number of aliphatic hydroxyl groups is 1. The average molecular weight is 263 g/mol. The molecule has 0 aliphatic carbocycles. The number of aliphatic imine (C=N–C) groups is 1. The Morgan fingerprint density at radius 2 is 1.95 bits per heavy atom. The van der Waals surface area contributed by atoms with Gasteiger partial charge in [-0.1, -0.05) is 37.3 Å². The van der Waals surface area contributed by atoms with Gasteiger partial charge in [0.25, 0.3) is 0 Å². The van der Waals surface area contributed by atoms with E-state index < -0.39 is 0 Å². The van der Waals surface area contributed by atoms with Gasteiger partial charge < -0.3 is 15.7 Å². The maximum absolute atomic E-state index is 9.03. The summed E-state index contributed by atoms with van der Waals surface area (Å²) in [7, 11) is 0. The Hall–Kier alpha value is -1.55. The quantitative estimate of drug-likeness (QED) is 0.543. The van der Waals surface area contributed by atoms with Gasteiger partial charge in [0, 0.05) is 19.7 Å². The monoisotopic (exact) mass is 263 g/mol. The number of benzene rings is 1. The molecular weight excluding hydrogens is 238 g/mol. The van der Waals surface area contributed by atoms with E-state index in [0.717, 1.165) is 12.5 Å². The predicted molar refractivity (Wildman–Crippen MR) is 80.2 cm³/mol. The van der Waals surface area contributed by atoms with E-state index in [2.05, 4.69) is 34.7 Å². The molecule has 0 saturated heterocycles. The molecule has 2 atom stereocenters. The first-order valence-corrected chi connectivity index (χ1v) is 6.88. The zero-order chi connectivity index (χ0) is 14.1. The molecule has 0 radical (unpaired) electrons. The zero-order valence-electron chi connectivity index (χ0n) is 12.1. The van der Waals surface area contributed by atoms with E-state index in [0.29, 0.717) is 6.54 Å². The summed E-state index contributed by atoms with van der Waals surface area (Å²) in [5.41, 5.74) is 1.23. The fraction of sp³-hybridized carbons (Fsp3) is 0.533. The Bertz CT molecular complexity index is 378. The van der Waals surface area contributed by atoms with Gasteiger partial charge in [-0.3, -0.25) is 4.99 Å². The summed E-state index contributed by atoms with van der Waals surface area (Å²) in [6.45, 7) is 7.73. The Labute approximate surface area is 116 Å². The Balaban J connectivity index is 2.62. The van der Waals surface area contributed by atoms with Crippen molar-refractivity contribution in [2.45, 2.75) is 26.8 Å². The Morgan fingerprint density at radius 1 is 1.26 bits per heavy atom. The van der Waals surface area contributed by atoms with Crippen LogP contribution in [0.3, 0.4) is 0 Å². The summed E-state index contributed by atoms with van der Waals surface area (Å²) in [5, 5.41) is 15.6. The number of nitrogens with one attached hydrogen (secondary N) is 2. The highest BCUT2D eigenvalue weighted by molar-refractivity contribution is 5.80. The summed E-state index contributed by atoms with van der Waals surface area (Å²) in [6, 6.07) is 10.5. The van der Waals surface area contributed by atoms with Gasteiger partial charge >= 0.3 is 0 Å². The Morgan fingerprint density at radius 3 is 2.53 bits per heavy atom. The van der Waals surface area contributed by atoms with Crippen molar-refractivity contribution in [3.8, 4) is 0 Å². The minimum absolute atomic E-state index is 0.164. The number of nitrogens with zero attached hydrogens (tertiary/aromatic N) is 1. The molecule has 0 spiro atoms. The second-order valence-corrected chi connectivity index (χ2v) is 4.78. The summed E-state index contributed by atoms with van der Waals surface area (Å²) < 4.78 is 0. The van der Waals surface area contributed by atoms with Gasteiger partial charge in [-0.25, -0.2) is 0 Å². The molecule has 0 saturated carbocycles. The van der Waals surface area contributed by atoms with Crippen molar-refractivity contribution in [2.24, 2.45) is 10.9 Å². The third kappa shape index (κ3) is 5.75. The Kier molecular flexibility index (Phi) is 6.97. The van der Waals surface area contributed by atoms with E-state index in [1.54, 1.807) is 0 Å². The van der Waals surface area contributed by atoms with Gasteiger partial charge in [-0.15, -0.1) is 0 Å². The molecule has 106 valence electrons. The lowest BCUT2D eigenvalue weighted by Crippen LogP contribution is -2.39. The summed E-state index contributed by atoms with van der Waals surface area (Å²) >= 11 is 0. The van der Waals surface area contributed by atoms with Crippen LogP contribution in [-0.2, 0) is 0 Å². The van der Waals surface area contributed by atoms with Crippen molar-refractivity contribution in [1.82, 2.24) is 10.6 Å². The molecule has 0 aliphatic rings. The highest BCUT2D eigenvalue weighted by atomic mass is 16.3. The van der Waals surface area contributed by atoms with Crippen LogP contribution in [0.4, 0.5) is 0 Å². The molecule has 0 fully saturated rings. The molecule has 0 bridgehead atoms. The molecule has 0 aromatic heterocycles. The van der Waals surface area contributed by atoms with Crippen LogP contribution in [-0.4, -0.2) is 30.8 Å². The fourth-order valence-electron chi connectivity index (χ4n) is 1.66. The average Bonchev–Trinajstić information content (AvgIpc) is 2.45. The zero-order valence-corrected chi connectivity index (χ0v) is 12.1. The van der Waals surface area contributed by atoms with Crippen molar-refractivity contribution < 1.29 is 5.11 Å². The van der Waals surface area contributed by atoms with Gasteiger partial charge in [0.2, 0.25) is 0 Å². The topological polar surface area (TPSA) is 56.7 Å². The second kappa shape index (κ2) is 8.53. The molecule has 1 aromatic carbocycles. The fourth-order valence-corrected chi connectivity index (χ4v) is 1.66. The van der Waals surface area contributed by atoms with Crippen LogP contribution in [0, 0.1) is 5.92 Å². The summed E-state index contributed by atoms with van der Waals surface area (Å²) in [5.74, 6) is 0.974. The predicted octanol–water partition coefficient (Wildman–Crippen LogP) is 1.93. The first kappa shape index (κ1) is 15.5. The molecule has 19 heavy (non-hydrogen) atoms. The summed E-state index contributed by atoms with van der Waals surface area (Å²) in [4.78, 5) is 4.48. The summed E-state index contributed by atoms with van der Waals surface area (Å²) in [6.07, 6.45) is 0. The molecule has 3 N–H and O–H groups in total. The van der Waals surface area contributed by atoms with E-state index in [4.69, 9.17) is 5.11 Å². The van der Waals surface area contributed by atoms with Gasteiger partial charge in [0.1, 0.15) is 0 Å². The maximum atomic E-state index is 9.03. The van der Waals surface area contributed by atoms with Crippen molar-refractivity contribution in [2.75, 3.05) is 19.7 Å². The van der Waals surface area contributed by atoms with Crippen LogP contribution in [0.25, 0.3) is 0 Å². The number of hydrogen-bond donors (Lipinski definition) is 3. The van der Waals surface area contributed by atoms with Gasteiger partial charge in [0.05, 0.1) is 6.04 Å². The molecule has 1 rings (SSSR count). The maximum Gasteiger partial charge on any atom is 0.191 e. The highest BCUT2D eigenvalue weighted by Gasteiger charge is 2.07. The standard InChI is InChI=1S/C15H25N3O/c1-4-16-15(17-10-12(2)11-19)18-13(3)14-8-6-5-7-9-14/h5-9,12-13,19H,4,10-11H2,1-3H3,(H2,16,17,18). The highest BCUT2D eigenvalue weighted by Crippen LogP contribution is 2.10. The van der Waals surface area contributed by atoms with Crippen molar-refractivity contribution in [3.05, 3.63) is 35.9 Å². The van der Waals surface area contributed by atoms with E-state index >= 15 is 0 Å². The van der Waals surface area contributed by atoms with E-state index in [9.17, 15) is 0 Å². The lowest BCUT2D eigenvalue weighted by Gasteiger charge is -2.18. The van der Waals surface area contributed by atoms with Crippen LogP contribution in [0.1, 0.15) is 32.4 Å². The lowest BCUT2D eigenvalue weighted by atomic mass is 10.1. The molecule has 2 unspecified atom stereocenters. The molecule has 4 heteroatoms. The van der Waals surface area contributed by atoms with Crippen LogP contribution in [0.15, 0.2) is 35.3 Å². The molecule has 0 aliphatic heterocycles. The largest absolute Gasteiger partial charge is 0.396 e. The number of hydrogen-bond acceptors (Lipinski definition) is 2. The molecular formula is C15H25N3O. The number of rotatable bonds is 6. The SMILES string of the molecule is CCNC(=NCC(C)CO)NC(C)c1ccccc1. The second-order valence-electron chi connectivity index (χ2n) is 4.78. The van der Waals surface area contributed by atoms with Crippen molar-refractivity contribution in [3.63, 3.8) is 0 Å². The van der Waals surface area contributed by atoms with Gasteiger partial charge in [-0.05, 0) is 25.3 Å². The molecule has 0 heterocycles. The lowest BCUT2D eigenvalue weighted by molar-refractivity contribution is 0.241. The first-order valence-electron chi connectivity index (χ1n) is 6.88. The van der Waals surface area contributed by atoms with Crippen LogP contribution >= 0.6 is 0 Å². The third-order valence-corrected chi connectivity index (χ3v) is 2.87. The van der Waals surface area contributed by atoms with Crippen molar-refractivity contribution in [1.29, 1.82) is 0 Å². The minimum atomic E-state index is 0.164. The normalized spacial score (nSPS) is 14.8. The number of aliphatic hydroxyl groups excluding tert-OH is 1. The number of guanidine groups is 1. The van der Waals surface area contributed by atoms with Crippen LogP contribution in [0.5, 0.6) is 0 Å². The first-order chi connectivity index (χ1) is 9.17. The van der Waals surface area contributed by atoms with Crippen LogP contribution in [0.2, 0.25) is 0 Å². The molecule has 4 nitrogen and oxygen atoms in total. The third-order valence-electron chi connectivity index (χ3n) is 2.87. The smallest absolute Gasteiger partial charge is 0.191 e. The molecule has 1 aromatic rings. The van der Waals surface area contributed by atoms with Gasteiger partial charge in [-0.2, -0.15) is 0 Å².